The molecule has 9 rings (SSSR count). The van der Waals surface area contributed by atoms with E-state index in [-0.39, 0.29) is 64.6 Å². The zero-order valence-corrected chi connectivity index (χ0v) is 24.9. The van der Waals surface area contributed by atoms with Gasteiger partial charge in [0.25, 0.3) is 0 Å². The highest BCUT2D eigenvalue weighted by atomic mass is 19.1. The minimum atomic E-state index is -0.934. The van der Waals surface area contributed by atoms with Crippen LogP contribution in [0.2, 0.25) is 0 Å². The first-order chi connectivity index (χ1) is 22.3. The van der Waals surface area contributed by atoms with Crippen molar-refractivity contribution in [2.75, 3.05) is 44.4 Å². The molecule has 5 aliphatic heterocycles. The molecule has 0 amide bonds. The number of hydrogen-bond acceptors (Lipinski definition) is 9. The standard InChI is InChI=1S/C34H30F3N5O4/c1-2-22-24(36)5-4-18-10-21(43)11-23(25(18)22)28-27(37)29-26-30(42-20-13-34(42,7-9-44-15-20)17-45-31(26)38-28)40-32(39-29)46-16-33-6-3-8-41(33)14-19(35)12-33/h1,4-5,10-11,19-20,43H,3,6-9,12-17H2/t19-,20?,33+,34?/m1/s1. The Bertz CT molecular complexity index is 2000. The quantitative estimate of drug-likeness (QED) is 0.317. The molecule has 236 valence electrons. The summed E-state index contributed by atoms with van der Waals surface area (Å²) in [5.41, 5.74) is -1.18. The van der Waals surface area contributed by atoms with Gasteiger partial charge in [0.1, 0.15) is 53.4 Å². The molecule has 0 saturated carbocycles. The van der Waals surface area contributed by atoms with E-state index in [0.717, 1.165) is 25.8 Å². The number of nitrogens with zero attached hydrogens (tertiary/aromatic N) is 5. The molecular formula is C34H30F3N5O4. The van der Waals surface area contributed by atoms with Crippen molar-refractivity contribution in [1.82, 2.24) is 19.9 Å². The summed E-state index contributed by atoms with van der Waals surface area (Å²) in [4.78, 5) is 18.4. The number of halogens is 3. The number of aromatic hydroxyl groups is 1. The van der Waals surface area contributed by atoms with E-state index in [0.29, 0.717) is 49.2 Å². The molecule has 12 heteroatoms. The van der Waals surface area contributed by atoms with E-state index in [1.165, 1.54) is 24.3 Å². The highest BCUT2D eigenvalue weighted by Gasteiger charge is 2.57. The predicted octanol–water partition coefficient (Wildman–Crippen LogP) is 4.90. The maximum atomic E-state index is 17.0. The molecule has 46 heavy (non-hydrogen) atoms. The first kappa shape index (κ1) is 27.9. The van der Waals surface area contributed by atoms with E-state index >= 15 is 4.39 Å². The van der Waals surface area contributed by atoms with Gasteiger partial charge in [0.2, 0.25) is 5.88 Å². The fourth-order valence-electron chi connectivity index (χ4n) is 8.57. The number of alkyl halides is 1. The summed E-state index contributed by atoms with van der Waals surface area (Å²) >= 11 is 0. The fourth-order valence-corrected chi connectivity index (χ4v) is 8.57. The summed E-state index contributed by atoms with van der Waals surface area (Å²) in [6, 6.07) is 5.38. The van der Waals surface area contributed by atoms with Gasteiger partial charge in [-0.2, -0.15) is 9.97 Å². The number of ether oxygens (including phenoxy) is 3. The van der Waals surface area contributed by atoms with Crippen molar-refractivity contribution in [3.8, 4) is 41.2 Å². The first-order valence-corrected chi connectivity index (χ1v) is 15.6. The monoisotopic (exact) mass is 629 g/mol. The molecule has 0 spiro atoms. The lowest BCUT2D eigenvalue weighted by atomic mass is 9.77. The van der Waals surface area contributed by atoms with Gasteiger partial charge in [0.15, 0.2) is 5.82 Å². The SMILES string of the molecule is C#Cc1c(F)ccc2cc(O)cc(-c3nc4c5c(nc(OC[C@@]67CCCN6C[C@H](F)C7)nc5c3F)N3C5COCCC3(CO4)C5)c12. The van der Waals surface area contributed by atoms with E-state index in [1.54, 1.807) is 0 Å². The third kappa shape index (κ3) is 3.88. The van der Waals surface area contributed by atoms with E-state index in [1.807, 2.05) is 0 Å². The molecule has 2 unspecified atom stereocenters. The van der Waals surface area contributed by atoms with Gasteiger partial charge in [-0.3, -0.25) is 4.90 Å². The molecule has 4 saturated heterocycles. The molecule has 4 aromatic rings. The number of fused-ring (bicyclic) bond motifs is 2. The Balaban J connectivity index is 1.26. The Kier molecular flexibility index (Phi) is 5.97. The molecule has 4 fully saturated rings. The molecule has 5 aliphatic rings. The third-order valence-corrected chi connectivity index (χ3v) is 10.6. The van der Waals surface area contributed by atoms with Crippen molar-refractivity contribution in [2.45, 2.75) is 55.4 Å². The Labute approximate surface area is 262 Å². The molecule has 1 N–H and O–H groups in total. The van der Waals surface area contributed by atoms with Gasteiger partial charge in [-0.15, -0.1) is 6.42 Å². The maximum absolute atomic E-state index is 17.0. The van der Waals surface area contributed by atoms with Crippen molar-refractivity contribution in [2.24, 2.45) is 0 Å². The molecule has 4 atom stereocenters. The van der Waals surface area contributed by atoms with Crippen LogP contribution >= 0.6 is 0 Å². The van der Waals surface area contributed by atoms with Crippen LogP contribution in [0.3, 0.4) is 0 Å². The second kappa shape index (κ2) is 9.83. The molecule has 0 radical (unpaired) electrons. The van der Waals surface area contributed by atoms with Gasteiger partial charge >= 0.3 is 6.01 Å². The molecular weight excluding hydrogens is 599 g/mol. The van der Waals surface area contributed by atoms with Crippen LogP contribution in [-0.2, 0) is 4.74 Å². The van der Waals surface area contributed by atoms with E-state index in [9.17, 15) is 13.9 Å². The van der Waals surface area contributed by atoms with E-state index in [2.05, 4.69) is 25.7 Å². The largest absolute Gasteiger partial charge is 0.508 e. The fraction of sp³-hybridized carbons (Fsp3) is 0.441. The second-order valence-electron chi connectivity index (χ2n) is 13.2. The van der Waals surface area contributed by atoms with Crippen LogP contribution in [0.4, 0.5) is 19.0 Å². The zero-order valence-electron chi connectivity index (χ0n) is 24.9. The normalized spacial score (nSPS) is 28.2. The third-order valence-electron chi connectivity index (χ3n) is 10.6. The van der Waals surface area contributed by atoms with Crippen molar-refractivity contribution >= 4 is 27.5 Å². The van der Waals surface area contributed by atoms with Crippen molar-refractivity contribution in [1.29, 1.82) is 0 Å². The average molecular weight is 630 g/mol. The van der Waals surface area contributed by atoms with Gasteiger partial charge < -0.3 is 24.2 Å². The smallest absolute Gasteiger partial charge is 0.319 e. The Hall–Kier alpha value is -4.34. The number of phenolic OH excluding ortho intramolecular Hbond substituents is 1. The maximum Gasteiger partial charge on any atom is 0.319 e. The molecule has 7 heterocycles. The number of phenols is 1. The summed E-state index contributed by atoms with van der Waals surface area (Å²) < 4.78 is 65.0. The van der Waals surface area contributed by atoms with E-state index < -0.39 is 28.9 Å². The van der Waals surface area contributed by atoms with Crippen molar-refractivity contribution in [3.63, 3.8) is 0 Å². The Morgan fingerprint density at radius 2 is 2.02 bits per heavy atom. The second-order valence-corrected chi connectivity index (χ2v) is 13.2. The van der Waals surface area contributed by atoms with Crippen molar-refractivity contribution < 1.29 is 32.5 Å². The minimum absolute atomic E-state index is 0.00652. The van der Waals surface area contributed by atoms with Gasteiger partial charge in [-0.25, -0.2) is 18.2 Å². The van der Waals surface area contributed by atoms with Crippen LogP contribution in [0.1, 0.15) is 37.7 Å². The molecule has 2 aromatic heterocycles. The molecule has 2 aromatic carbocycles. The lowest BCUT2D eigenvalue weighted by Crippen LogP contribution is -2.69. The predicted molar refractivity (Wildman–Crippen MR) is 163 cm³/mol. The van der Waals surface area contributed by atoms with Crippen LogP contribution < -0.4 is 14.4 Å². The Morgan fingerprint density at radius 1 is 1.13 bits per heavy atom. The highest BCUT2D eigenvalue weighted by Crippen LogP contribution is 2.52. The minimum Gasteiger partial charge on any atom is -0.508 e. The molecule has 2 bridgehead atoms. The summed E-state index contributed by atoms with van der Waals surface area (Å²) in [5.74, 6) is 1.28. The Morgan fingerprint density at radius 3 is 2.89 bits per heavy atom. The van der Waals surface area contributed by atoms with E-state index in [4.69, 9.17) is 25.6 Å². The lowest BCUT2D eigenvalue weighted by molar-refractivity contribution is 0.106. The topological polar surface area (TPSA) is 93.1 Å². The summed E-state index contributed by atoms with van der Waals surface area (Å²) in [6.07, 6.45) is 8.35. The number of terminal acetylenes is 1. The summed E-state index contributed by atoms with van der Waals surface area (Å²) in [5, 5.41) is 11.6. The number of aromatic nitrogens is 3. The number of benzene rings is 2. The molecule has 0 aliphatic carbocycles. The number of anilines is 1. The number of pyridine rings is 1. The zero-order chi connectivity index (χ0) is 31.4. The van der Waals surface area contributed by atoms with Crippen LogP contribution in [-0.4, -0.2) is 87.8 Å². The number of hydrogen-bond donors (Lipinski definition) is 1. The first-order valence-electron chi connectivity index (χ1n) is 15.6. The van der Waals surface area contributed by atoms with Gasteiger partial charge in [0, 0.05) is 30.5 Å². The summed E-state index contributed by atoms with van der Waals surface area (Å²) in [7, 11) is 0. The van der Waals surface area contributed by atoms with Gasteiger partial charge in [0.05, 0.1) is 29.3 Å². The molecule has 9 nitrogen and oxygen atoms in total. The van der Waals surface area contributed by atoms with Crippen LogP contribution in [0.5, 0.6) is 17.6 Å². The summed E-state index contributed by atoms with van der Waals surface area (Å²) in [6.45, 7) is 2.62. The highest BCUT2D eigenvalue weighted by molar-refractivity contribution is 6.04. The number of rotatable bonds is 4. The van der Waals surface area contributed by atoms with Crippen molar-refractivity contribution in [3.05, 3.63) is 41.5 Å². The van der Waals surface area contributed by atoms with Gasteiger partial charge in [-0.1, -0.05) is 12.0 Å². The average Bonchev–Trinajstić information content (AvgIpc) is 3.33. The van der Waals surface area contributed by atoms with Crippen LogP contribution in [0.15, 0.2) is 24.3 Å². The van der Waals surface area contributed by atoms with Crippen LogP contribution in [0.25, 0.3) is 32.9 Å². The lowest BCUT2D eigenvalue weighted by Gasteiger charge is -2.56. The van der Waals surface area contributed by atoms with Gasteiger partial charge in [-0.05, 0) is 55.8 Å². The van der Waals surface area contributed by atoms with Crippen LogP contribution in [0, 0.1) is 24.0 Å².